The predicted molar refractivity (Wildman–Crippen MR) is 157 cm³/mol. The van der Waals surface area contributed by atoms with Gasteiger partial charge in [0.25, 0.3) is 0 Å². The van der Waals surface area contributed by atoms with E-state index in [1.165, 1.54) is 83.5 Å². The minimum absolute atomic E-state index is 0.0818. The first-order valence-electron chi connectivity index (χ1n) is 14.8. The number of hydrogen-bond acceptors (Lipinski definition) is 5. The lowest BCUT2D eigenvalue weighted by atomic mass is 10.0. The number of hydrogen-bond donors (Lipinski definition) is 1. The van der Waals surface area contributed by atoms with Crippen molar-refractivity contribution in [2.24, 2.45) is 0 Å². The maximum Gasteiger partial charge on any atom is 0.527 e. The zero-order valence-electron chi connectivity index (χ0n) is 25.0. The summed E-state index contributed by atoms with van der Waals surface area (Å²) in [4.78, 5) is 10.2. The van der Waals surface area contributed by atoms with Crippen molar-refractivity contribution < 1.29 is 32.5 Å². The van der Waals surface area contributed by atoms with Crippen LogP contribution in [0.4, 0.5) is 0 Å². The summed E-state index contributed by atoms with van der Waals surface area (Å²) in [6.45, 7) is 3.93. The van der Waals surface area contributed by atoms with Crippen molar-refractivity contribution in [3.63, 3.8) is 0 Å². The van der Waals surface area contributed by atoms with Gasteiger partial charge in [-0.3, -0.25) is 9.42 Å². The van der Waals surface area contributed by atoms with Gasteiger partial charge in [0.15, 0.2) is 0 Å². The number of nitrogens with zero attached hydrogens (tertiary/aromatic N) is 1. The van der Waals surface area contributed by atoms with Gasteiger partial charge in [-0.15, -0.1) is 0 Å². The van der Waals surface area contributed by atoms with E-state index in [2.05, 4.69) is 28.1 Å². The van der Waals surface area contributed by atoms with Gasteiger partial charge in [-0.05, 0) is 18.6 Å². The molecule has 222 valence electrons. The Kier molecular flexibility index (Phi) is 19.3. The average molecular weight is 559 g/mol. The maximum atomic E-state index is 12.4. The third-order valence-corrected chi connectivity index (χ3v) is 7.40. The molecule has 1 aromatic carbocycles. The molecule has 8 heteroatoms. The Labute approximate surface area is 233 Å². The molecule has 0 aromatic heterocycles. The number of phosphoric acid groups is 1. The second kappa shape index (κ2) is 20.9. The van der Waals surface area contributed by atoms with Gasteiger partial charge in [-0.1, -0.05) is 103 Å². The van der Waals surface area contributed by atoms with Crippen LogP contribution in [0, 0.1) is 0 Å². The van der Waals surface area contributed by atoms with Gasteiger partial charge in [0.05, 0.1) is 34.4 Å². The monoisotopic (exact) mass is 558 g/mol. The molecule has 0 aliphatic rings. The molecule has 0 saturated carbocycles. The Bertz CT molecular complexity index is 755. The Morgan fingerprint density at radius 3 is 1.92 bits per heavy atom. The van der Waals surface area contributed by atoms with Crippen molar-refractivity contribution in [2.75, 3.05) is 48.1 Å². The van der Waals surface area contributed by atoms with Crippen molar-refractivity contribution in [3.05, 3.63) is 29.8 Å². The van der Waals surface area contributed by atoms with Crippen LogP contribution in [0.25, 0.3) is 0 Å². The molecule has 38 heavy (non-hydrogen) atoms. The fourth-order valence-corrected chi connectivity index (χ4v) is 5.17. The van der Waals surface area contributed by atoms with E-state index in [-0.39, 0.29) is 6.61 Å². The number of phosphoric ester groups is 1. The van der Waals surface area contributed by atoms with Crippen molar-refractivity contribution in [1.29, 1.82) is 0 Å². The Morgan fingerprint density at radius 2 is 1.39 bits per heavy atom. The van der Waals surface area contributed by atoms with Gasteiger partial charge in [-0.25, -0.2) is 4.57 Å². The summed E-state index contributed by atoms with van der Waals surface area (Å²) >= 11 is 0. The quantitative estimate of drug-likeness (QED) is 0.0747. The summed E-state index contributed by atoms with van der Waals surface area (Å²) in [5.74, 6) is 0.310. The van der Waals surface area contributed by atoms with E-state index in [9.17, 15) is 9.46 Å². The van der Waals surface area contributed by atoms with Gasteiger partial charge in [-0.2, -0.15) is 0 Å². The molecule has 0 spiro atoms. The summed E-state index contributed by atoms with van der Waals surface area (Å²) in [5, 5.41) is 0. The molecule has 1 rings (SSSR count). The molecule has 0 fully saturated rings. The second-order valence-corrected chi connectivity index (χ2v) is 12.9. The van der Waals surface area contributed by atoms with Gasteiger partial charge in [0.1, 0.15) is 18.4 Å². The first-order valence-corrected chi connectivity index (χ1v) is 16.3. The number of ether oxygens (including phenoxy) is 2. The highest BCUT2D eigenvalue weighted by Crippen LogP contribution is 2.44. The first-order chi connectivity index (χ1) is 18.1. The molecule has 0 saturated heterocycles. The van der Waals surface area contributed by atoms with Gasteiger partial charge < -0.3 is 18.5 Å². The van der Waals surface area contributed by atoms with E-state index in [0.29, 0.717) is 19.0 Å². The molecule has 0 bridgehead atoms. The smallest absolute Gasteiger partial charge is 0.404 e. The maximum absolute atomic E-state index is 12.4. The summed E-state index contributed by atoms with van der Waals surface area (Å²) < 4.78 is 34.7. The topological polar surface area (TPSA) is 74.2 Å². The highest BCUT2D eigenvalue weighted by Gasteiger charge is 2.25. The standard InChI is InChI=1S/C30H56NO6P/c1-6-7-8-9-10-11-12-13-14-15-16-17-18-19-23-35-26-30(34-5)27-36-38(32,33)37-29-22-20-21-28(24-29)25-31(2,3)4/h20-22,24,30H,6-19,23,25-27H2,1-5H3/p+1. The molecular weight excluding hydrogens is 501 g/mol. The summed E-state index contributed by atoms with van der Waals surface area (Å²) in [6, 6.07) is 7.20. The number of methoxy groups -OCH3 is 1. The summed E-state index contributed by atoms with van der Waals surface area (Å²) in [6.07, 6.45) is 18.1. The van der Waals surface area contributed by atoms with E-state index in [1.807, 2.05) is 12.1 Å². The molecule has 0 aliphatic heterocycles. The average Bonchev–Trinajstić information content (AvgIpc) is 2.84. The van der Waals surface area contributed by atoms with Crippen LogP contribution in [0.2, 0.25) is 0 Å². The van der Waals surface area contributed by atoms with Crippen LogP contribution < -0.4 is 4.52 Å². The fraction of sp³-hybridized carbons (Fsp3) is 0.800. The number of benzene rings is 1. The predicted octanol–water partition coefficient (Wildman–Crippen LogP) is 7.90. The lowest BCUT2D eigenvalue weighted by Crippen LogP contribution is -2.33. The molecule has 1 aromatic rings. The second-order valence-electron chi connectivity index (χ2n) is 11.5. The molecule has 2 atom stereocenters. The SMILES string of the molecule is CCCCCCCCCCCCCCCCOCC(COP(=O)(O)Oc1cccc(C[N+](C)(C)C)c1)OC. The van der Waals surface area contributed by atoms with Crippen LogP contribution >= 0.6 is 7.82 Å². The zero-order valence-corrected chi connectivity index (χ0v) is 25.9. The van der Waals surface area contributed by atoms with Crippen LogP contribution in [-0.4, -0.2) is 63.6 Å². The first kappa shape index (κ1) is 35.1. The van der Waals surface area contributed by atoms with Crippen molar-refractivity contribution in [1.82, 2.24) is 0 Å². The van der Waals surface area contributed by atoms with Crippen LogP contribution in [0.1, 0.15) is 102 Å². The Hall–Kier alpha value is -0.950. The Morgan fingerprint density at radius 1 is 0.842 bits per heavy atom. The molecule has 1 N–H and O–H groups in total. The molecule has 0 radical (unpaired) electrons. The number of quaternary nitrogens is 1. The van der Waals surface area contributed by atoms with Gasteiger partial charge in [0, 0.05) is 19.3 Å². The summed E-state index contributed by atoms with van der Waals surface area (Å²) in [5.41, 5.74) is 1.02. The highest BCUT2D eigenvalue weighted by atomic mass is 31.2. The van der Waals surface area contributed by atoms with Crippen LogP contribution in [0.3, 0.4) is 0 Å². The lowest BCUT2D eigenvalue weighted by Gasteiger charge is -2.24. The third kappa shape index (κ3) is 20.0. The van der Waals surface area contributed by atoms with E-state index in [4.69, 9.17) is 18.5 Å². The van der Waals surface area contributed by atoms with Crippen LogP contribution in [0.15, 0.2) is 24.3 Å². The molecule has 7 nitrogen and oxygen atoms in total. The normalized spacial score (nSPS) is 14.4. The molecule has 0 aliphatic carbocycles. The van der Waals surface area contributed by atoms with Gasteiger partial charge in [0.2, 0.25) is 0 Å². The summed E-state index contributed by atoms with van der Waals surface area (Å²) in [7, 11) is 3.52. The number of unbranched alkanes of at least 4 members (excludes halogenated alkanes) is 13. The minimum atomic E-state index is -4.27. The number of rotatable bonds is 25. The third-order valence-electron chi connectivity index (χ3n) is 6.48. The largest absolute Gasteiger partial charge is 0.527 e. The molecule has 0 heterocycles. The van der Waals surface area contributed by atoms with Crippen LogP contribution in [0.5, 0.6) is 5.75 Å². The highest BCUT2D eigenvalue weighted by molar-refractivity contribution is 7.47. The van der Waals surface area contributed by atoms with E-state index in [0.717, 1.165) is 23.0 Å². The van der Waals surface area contributed by atoms with Crippen molar-refractivity contribution >= 4 is 7.82 Å². The molecule has 2 unspecified atom stereocenters. The molecule has 0 amide bonds. The van der Waals surface area contributed by atoms with Crippen molar-refractivity contribution in [3.8, 4) is 5.75 Å². The molecular formula is C30H57NO6P+. The zero-order chi connectivity index (χ0) is 28.1. The van der Waals surface area contributed by atoms with E-state index < -0.39 is 13.9 Å². The van der Waals surface area contributed by atoms with Crippen molar-refractivity contribution in [2.45, 2.75) is 109 Å². The van der Waals surface area contributed by atoms with Crippen LogP contribution in [-0.2, 0) is 25.1 Å². The lowest BCUT2D eigenvalue weighted by molar-refractivity contribution is -0.884. The van der Waals surface area contributed by atoms with Gasteiger partial charge >= 0.3 is 7.82 Å². The Balaban J connectivity index is 2.09. The van der Waals surface area contributed by atoms with E-state index in [1.54, 1.807) is 19.2 Å². The van der Waals surface area contributed by atoms with E-state index >= 15 is 0 Å². The minimum Gasteiger partial charge on any atom is -0.404 e. The fourth-order valence-electron chi connectivity index (χ4n) is 4.38.